The lowest BCUT2D eigenvalue weighted by atomic mass is 10.1. The highest BCUT2D eigenvalue weighted by Gasteiger charge is 2.08. The van der Waals surface area contributed by atoms with Crippen molar-refractivity contribution in [1.82, 2.24) is 15.4 Å². The number of hydrogen-bond donors (Lipinski definition) is 2. The summed E-state index contributed by atoms with van der Waals surface area (Å²) in [5.74, 6) is -1.50. The van der Waals surface area contributed by atoms with Gasteiger partial charge in [0.05, 0.1) is 12.5 Å². The number of aromatic nitrogens is 1. The number of hydrogen-bond acceptors (Lipinski definition) is 3. The third-order valence-electron chi connectivity index (χ3n) is 4.10. The van der Waals surface area contributed by atoms with Crippen molar-refractivity contribution in [3.05, 3.63) is 77.7 Å². The van der Waals surface area contributed by atoms with Crippen LogP contribution in [0.3, 0.4) is 0 Å². The molecule has 0 aliphatic carbocycles. The molecule has 7 heteroatoms. The molecule has 28 heavy (non-hydrogen) atoms. The van der Waals surface area contributed by atoms with Gasteiger partial charge < -0.3 is 4.57 Å². The van der Waals surface area contributed by atoms with Crippen molar-refractivity contribution < 1.29 is 14.0 Å². The fourth-order valence-corrected chi connectivity index (χ4v) is 2.76. The number of carbonyl (C=O) groups is 2. The fraction of sp³-hybridized carbons (Fsp3) is 0.0952. The van der Waals surface area contributed by atoms with Gasteiger partial charge in [-0.2, -0.15) is 5.26 Å². The second kappa shape index (κ2) is 8.64. The average molecular weight is 376 g/mol. The second-order valence-electron chi connectivity index (χ2n) is 5.99. The maximum Gasteiger partial charge on any atom is 0.269 e. The summed E-state index contributed by atoms with van der Waals surface area (Å²) in [6.45, 7) is 0.560. The largest absolute Gasteiger partial charge is 0.346 e. The van der Waals surface area contributed by atoms with E-state index in [-0.39, 0.29) is 5.56 Å². The van der Waals surface area contributed by atoms with Gasteiger partial charge in [-0.05, 0) is 36.4 Å². The van der Waals surface area contributed by atoms with Crippen LogP contribution in [0.25, 0.3) is 17.0 Å². The Morgan fingerprint density at radius 1 is 1.11 bits per heavy atom. The number of nitriles is 1. The minimum atomic E-state index is -0.546. The van der Waals surface area contributed by atoms with Crippen molar-refractivity contribution in [1.29, 1.82) is 5.26 Å². The topological polar surface area (TPSA) is 86.9 Å². The predicted molar refractivity (Wildman–Crippen MR) is 103 cm³/mol. The quantitative estimate of drug-likeness (QED) is 0.530. The smallest absolute Gasteiger partial charge is 0.269 e. The summed E-state index contributed by atoms with van der Waals surface area (Å²) in [7, 11) is 0. The highest BCUT2D eigenvalue weighted by molar-refractivity contribution is 5.99. The lowest BCUT2D eigenvalue weighted by Crippen LogP contribution is -2.40. The summed E-state index contributed by atoms with van der Waals surface area (Å²) < 4.78 is 14.8. The van der Waals surface area contributed by atoms with Crippen LogP contribution in [-0.4, -0.2) is 16.4 Å². The van der Waals surface area contributed by atoms with E-state index in [2.05, 4.69) is 16.9 Å². The van der Waals surface area contributed by atoms with Crippen LogP contribution in [0.1, 0.15) is 22.3 Å². The summed E-state index contributed by atoms with van der Waals surface area (Å²) in [4.78, 5) is 23.9. The molecule has 0 fully saturated rings. The van der Waals surface area contributed by atoms with Crippen LogP contribution >= 0.6 is 0 Å². The van der Waals surface area contributed by atoms with Gasteiger partial charge in [0.1, 0.15) is 5.82 Å². The van der Waals surface area contributed by atoms with Crippen molar-refractivity contribution in [3.8, 4) is 6.07 Å². The second-order valence-corrected chi connectivity index (χ2v) is 5.99. The molecular formula is C21H17FN4O2. The molecule has 0 atom stereocenters. The van der Waals surface area contributed by atoms with Crippen LogP contribution in [0.2, 0.25) is 0 Å². The summed E-state index contributed by atoms with van der Waals surface area (Å²) in [5, 5.41) is 9.76. The van der Waals surface area contributed by atoms with Gasteiger partial charge in [-0.25, -0.2) is 4.39 Å². The summed E-state index contributed by atoms with van der Waals surface area (Å²) in [5.41, 5.74) is 6.59. The van der Waals surface area contributed by atoms with E-state index in [9.17, 15) is 14.0 Å². The van der Waals surface area contributed by atoms with Crippen LogP contribution in [-0.2, 0) is 11.3 Å². The normalized spacial score (nSPS) is 10.7. The van der Waals surface area contributed by atoms with Crippen molar-refractivity contribution in [3.63, 3.8) is 0 Å². The van der Waals surface area contributed by atoms with Crippen LogP contribution < -0.4 is 10.9 Å². The van der Waals surface area contributed by atoms with Crippen molar-refractivity contribution in [2.24, 2.45) is 0 Å². The molecule has 3 aromatic rings. The molecule has 0 unspecified atom stereocenters. The number of halogens is 1. The number of carbonyl (C=O) groups excluding carboxylic acids is 2. The lowest BCUT2D eigenvalue weighted by molar-refractivity contribution is -0.117. The zero-order valence-corrected chi connectivity index (χ0v) is 14.9. The molecule has 2 aromatic carbocycles. The minimum absolute atomic E-state index is 0.228. The predicted octanol–water partition coefficient (Wildman–Crippen LogP) is 3.17. The zero-order chi connectivity index (χ0) is 19.9. The van der Waals surface area contributed by atoms with Crippen molar-refractivity contribution in [2.75, 3.05) is 0 Å². The highest BCUT2D eigenvalue weighted by atomic mass is 19.1. The Balaban J connectivity index is 1.66. The third kappa shape index (κ3) is 4.43. The molecular weight excluding hydrogens is 359 g/mol. The van der Waals surface area contributed by atoms with Crippen LogP contribution in [0.4, 0.5) is 4.39 Å². The van der Waals surface area contributed by atoms with E-state index in [1.54, 1.807) is 6.08 Å². The van der Waals surface area contributed by atoms with Gasteiger partial charge in [-0.1, -0.05) is 18.2 Å². The van der Waals surface area contributed by atoms with Gasteiger partial charge in [-0.15, -0.1) is 0 Å². The monoisotopic (exact) mass is 376 g/mol. The van der Waals surface area contributed by atoms with E-state index in [1.165, 1.54) is 30.3 Å². The Labute approximate surface area is 160 Å². The molecule has 6 nitrogen and oxygen atoms in total. The summed E-state index contributed by atoms with van der Waals surface area (Å²) in [6, 6.07) is 14.8. The first kappa shape index (κ1) is 18.9. The number of para-hydroxylation sites is 1. The summed E-state index contributed by atoms with van der Waals surface area (Å²) >= 11 is 0. The first-order valence-electron chi connectivity index (χ1n) is 8.57. The molecule has 3 rings (SSSR count). The Morgan fingerprint density at radius 2 is 1.86 bits per heavy atom. The average Bonchev–Trinajstić information content (AvgIpc) is 3.07. The minimum Gasteiger partial charge on any atom is -0.346 e. The van der Waals surface area contributed by atoms with Crippen LogP contribution in [0.15, 0.2) is 60.8 Å². The molecule has 0 saturated heterocycles. The lowest BCUT2D eigenvalue weighted by Gasteiger charge is -2.05. The number of aryl methyl sites for hydroxylation is 1. The molecule has 0 radical (unpaired) electrons. The van der Waals surface area contributed by atoms with E-state index in [0.717, 1.165) is 16.5 Å². The van der Waals surface area contributed by atoms with Gasteiger partial charge in [0.2, 0.25) is 0 Å². The molecule has 1 heterocycles. The van der Waals surface area contributed by atoms with Gasteiger partial charge in [-0.3, -0.25) is 20.4 Å². The summed E-state index contributed by atoms with van der Waals surface area (Å²) in [6.07, 6.45) is 5.21. The molecule has 0 aliphatic heterocycles. The van der Waals surface area contributed by atoms with Crippen molar-refractivity contribution >= 4 is 28.8 Å². The van der Waals surface area contributed by atoms with Gasteiger partial charge in [0.25, 0.3) is 11.8 Å². The Bertz CT molecular complexity index is 1080. The maximum atomic E-state index is 12.9. The number of nitrogens with one attached hydrogen (secondary N) is 2. The molecule has 140 valence electrons. The Hall–Kier alpha value is -3.92. The number of nitrogens with zero attached hydrogens (tertiary/aromatic N) is 2. The number of fused-ring (bicyclic) bond motifs is 1. The van der Waals surface area contributed by atoms with E-state index in [0.29, 0.717) is 13.0 Å². The Morgan fingerprint density at radius 3 is 2.61 bits per heavy atom. The molecule has 0 aliphatic rings. The van der Waals surface area contributed by atoms with Crippen molar-refractivity contribution in [2.45, 2.75) is 13.0 Å². The SMILES string of the molecule is N#CCCn1cc(/C=C/C(=O)NNC(=O)c2ccc(F)cc2)c2ccccc21. The molecule has 0 spiro atoms. The first-order chi connectivity index (χ1) is 13.6. The maximum absolute atomic E-state index is 12.9. The van der Waals surface area contributed by atoms with Crippen LogP contribution in [0, 0.1) is 17.1 Å². The molecule has 0 saturated carbocycles. The number of amides is 2. The number of hydrazine groups is 1. The van der Waals surface area contributed by atoms with E-state index >= 15 is 0 Å². The van der Waals surface area contributed by atoms with Crippen LogP contribution in [0.5, 0.6) is 0 Å². The highest BCUT2D eigenvalue weighted by Crippen LogP contribution is 2.22. The Kier molecular flexibility index (Phi) is 5.82. The number of rotatable bonds is 5. The van der Waals surface area contributed by atoms with Gasteiger partial charge in [0.15, 0.2) is 0 Å². The van der Waals surface area contributed by atoms with E-state index in [4.69, 9.17) is 5.26 Å². The van der Waals surface area contributed by atoms with E-state index in [1.807, 2.05) is 35.0 Å². The molecule has 0 bridgehead atoms. The molecule has 1 aromatic heterocycles. The fourth-order valence-electron chi connectivity index (χ4n) is 2.76. The third-order valence-corrected chi connectivity index (χ3v) is 4.10. The van der Waals surface area contributed by atoms with Gasteiger partial charge in [0, 0.05) is 40.8 Å². The zero-order valence-electron chi connectivity index (χ0n) is 14.9. The standard InChI is InChI=1S/C21H17FN4O2/c22-17-9-6-15(7-10-17)21(28)25-24-20(27)11-8-16-14-26(13-3-12-23)19-5-2-1-4-18(16)19/h1-2,4-11,14H,3,13H2,(H,24,27)(H,25,28)/b11-8+. The van der Waals surface area contributed by atoms with E-state index < -0.39 is 17.6 Å². The molecule has 2 N–H and O–H groups in total. The number of benzene rings is 2. The molecule has 2 amide bonds. The first-order valence-corrected chi connectivity index (χ1v) is 8.57. The van der Waals surface area contributed by atoms with Gasteiger partial charge >= 0.3 is 0 Å².